The van der Waals surface area contributed by atoms with Crippen LogP contribution in [0, 0.1) is 17.7 Å². The molecule has 0 aliphatic carbocycles. The number of ether oxygens (including phenoxy) is 1. The Hall–Kier alpha value is -2.32. The van der Waals surface area contributed by atoms with Crippen LogP contribution in [-0.2, 0) is 0 Å². The Labute approximate surface area is 120 Å². The Morgan fingerprint density at radius 2 is 2.15 bits per heavy atom. The first kappa shape index (κ1) is 14.1. The molecule has 2 rings (SSSR count). The molecule has 102 valence electrons. The third kappa shape index (κ3) is 4.11. The number of amides is 1. The zero-order valence-corrected chi connectivity index (χ0v) is 11.4. The van der Waals surface area contributed by atoms with E-state index in [1.54, 1.807) is 23.6 Å². The lowest BCUT2D eigenvalue weighted by atomic mass is 10.3. The quantitative estimate of drug-likeness (QED) is 0.879. The Bertz CT molecular complexity index is 629. The number of benzene rings is 1. The summed E-state index contributed by atoms with van der Waals surface area (Å²) in [6, 6.07) is 7.88. The van der Waals surface area contributed by atoms with Crippen molar-refractivity contribution in [2.45, 2.75) is 0 Å². The predicted octanol–water partition coefficient (Wildman–Crippen LogP) is 2.70. The summed E-state index contributed by atoms with van der Waals surface area (Å²) in [4.78, 5) is 11.6. The summed E-state index contributed by atoms with van der Waals surface area (Å²) in [6.07, 6.45) is 0. The number of thiophene rings is 1. The third-order valence-corrected chi connectivity index (χ3v) is 3.07. The lowest BCUT2D eigenvalue weighted by Gasteiger charge is -2.02. The summed E-state index contributed by atoms with van der Waals surface area (Å²) < 4.78 is 18.4. The maximum absolute atomic E-state index is 13.2. The lowest BCUT2D eigenvalue weighted by molar-refractivity contribution is 0.0959. The number of carbonyl (C=O) groups excluding carboxylic acids is 1. The van der Waals surface area contributed by atoms with E-state index in [0.717, 1.165) is 0 Å². The highest BCUT2D eigenvalue weighted by atomic mass is 32.1. The van der Waals surface area contributed by atoms with Crippen LogP contribution in [-0.4, -0.2) is 19.1 Å². The molecule has 1 amide bonds. The Kier molecular flexibility index (Phi) is 5.15. The molecular formula is C15H12FNO2S. The Morgan fingerprint density at radius 3 is 2.90 bits per heavy atom. The molecule has 5 heteroatoms. The van der Waals surface area contributed by atoms with Crippen molar-refractivity contribution in [3.8, 4) is 17.6 Å². The smallest absolute Gasteiger partial charge is 0.252 e. The van der Waals surface area contributed by atoms with Gasteiger partial charge < -0.3 is 10.1 Å². The van der Waals surface area contributed by atoms with Gasteiger partial charge in [0.05, 0.1) is 12.1 Å². The number of nitrogens with one attached hydrogen (secondary N) is 1. The van der Waals surface area contributed by atoms with Crippen LogP contribution in [0.3, 0.4) is 0 Å². The van der Waals surface area contributed by atoms with Crippen molar-refractivity contribution in [2.24, 2.45) is 0 Å². The van der Waals surface area contributed by atoms with Crippen molar-refractivity contribution in [3.05, 3.63) is 52.5 Å². The summed E-state index contributed by atoms with van der Waals surface area (Å²) >= 11 is 1.46. The van der Waals surface area contributed by atoms with E-state index in [1.807, 2.05) is 5.38 Å². The van der Waals surface area contributed by atoms with Gasteiger partial charge in [0.2, 0.25) is 0 Å². The molecule has 0 saturated heterocycles. The van der Waals surface area contributed by atoms with Crippen LogP contribution in [0.4, 0.5) is 4.39 Å². The molecule has 0 unspecified atom stereocenters. The van der Waals surface area contributed by atoms with Crippen molar-refractivity contribution in [2.75, 3.05) is 13.2 Å². The fourth-order valence-electron chi connectivity index (χ4n) is 1.41. The highest BCUT2D eigenvalue weighted by molar-refractivity contribution is 7.08. The van der Waals surface area contributed by atoms with Gasteiger partial charge >= 0.3 is 0 Å². The summed E-state index contributed by atoms with van der Waals surface area (Å²) in [5.74, 6) is 5.05. The zero-order valence-electron chi connectivity index (χ0n) is 10.6. The fourth-order valence-corrected chi connectivity index (χ4v) is 2.05. The van der Waals surface area contributed by atoms with Gasteiger partial charge in [-0.05, 0) is 23.6 Å². The van der Waals surface area contributed by atoms with Crippen molar-refractivity contribution in [1.82, 2.24) is 5.32 Å². The second kappa shape index (κ2) is 7.31. The summed E-state index contributed by atoms with van der Waals surface area (Å²) in [5.41, 5.74) is 0.624. The van der Waals surface area contributed by atoms with E-state index in [0.29, 0.717) is 5.56 Å². The number of carbonyl (C=O) groups is 1. The van der Waals surface area contributed by atoms with E-state index in [1.165, 1.54) is 23.5 Å². The summed E-state index contributed by atoms with van der Waals surface area (Å²) in [6.45, 7) is 0.310. The first-order valence-corrected chi connectivity index (χ1v) is 6.85. The SMILES string of the molecule is O=C(NCC#CCOc1ccccc1F)c1ccsc1. The second-order valence-corrected chi connectivity index (χ2v) is 4.55. The average Bonchev–Trinajstić information content (AvgIpc) is 2.98. The van der Waals surface area contributed by atoms with Gasteiger partial charge in [-0.3, -0.25) is 4.79 Å². The molecule has 0 saturated carbocycles. The summed E-state index contributed by atoms with van der Waals surface area (Å²) in [5, 5.41) is 6.26. The molecule has 1 heterocycles. The fraction of sp³-hybridized carbons (Fsp3) is 0.133. The molecule has 1 aromatic heterocycles. The van der Waals surface area contributed by atoms with E-state index >= 15 is 0 Å². The Balaban J connectivity index is 1.71. The number of hydrogen-bond donors (Lipinski definition) is 1. The van der Waals surface area contributed by atoms with Gasteiger partial charge in [-0.1, -0.05) is 24.0 Å². The van der Waals surface area contributed by atoms with Gasteiger partial charge in [0.15, 0.2) is 11.6 Å². The van der Waals surface area contributed by atoms with E-state index < -0.39 is 5.82 Å². The molecule has 0 atom stereocenters. The van der Waals surface area contributed by atoms with E-state index in [4.69, 9.17) is 4.74 Å². The van der Waals surface area contributed by atoms with Gasteiger partial charge in [0.25, 0.3) is 5.91 Å². The molecule has 3 nitrogen and oxygen atoms in total. The zero-order chi connectivity index (χ0) is 14.2. The van der Waals surface area contributed by atoms with Gasteiger partial charge in [0.1, 0.15) is 6.61 Å². The van der Waals surface area contributed by atoms with E-state index in [-0.39, 0.29) is 24.8 Å². The highest BCUT2D eigenvalue weighted by Crippen LogP contribution is 2.14. The van der Waals surface area contributed by atoms with E-state index in [2.05, 4.69) is 17.2 Å². The molecule has 0 radical (unpaired) electrons. The molecule has 0 fully saturated rings. The molecule has 20 heavy (non-hydrogen) atoms. The van der Waals surface area contributed by atoms with Crippen LogP contribution in [0.25, 0.3) is 0 Å². The van der Waals surface area contributed by atoms with Crippen LogP contribution < -0.4 is 10.1 Å². The highest BCUT2D eigenvalue weighted by Gasteiger charge is 2.02. The molecular weight excluding hydrogens is 277 g/mol. The van der Waals surface area contributed by atoms with Crippen LogP contribution >= 0.6 is 11.3 Å². The number of para-hydroxylation sites is 1. The van der Waals surface area contributed by atoms with Crippen LogP contribution in [0.5, 0.6) is 5.75 Å². The third-order valence-electron chi connectivity index (χ3n) is 2.38. The first-order chi connectivity index (χ1) is 9.77. The minimum absolute atomic E-state index is 0.0786. The van der Waals surface area contributed by atoms with Gasteiger partial charge in [-0.2, -0.15) is 11.3 Å². The maximum atomic E-state index is 13.2. The molecule has 2 aromatic rings. The molecule has 1 aromatic carbocycles. The number of halogens is 1. The summed E-state index contributed by atoms with van der Waals surface area (Å²) in [7, 11) is 0. The number of rotatable bonds is 4. The largest absolute Gasteiger partial charge is 0.478 e. The molecule has 1 N–H and O–H groups in total. The minimum Gasteiger partial charge on any atom is -0.478 e. The normalized spacial score (nSPS) is 9.45. The average molecular weight is 289 g/mol. The molecule has 0 aliphatic rings. The predicted molar refractivity (Wildman–Crippen MR) is 76.3 cm³/mol. The Morgan fingerprint density at radius 1 is 1.30 bits per heavy atom. The van der Waals surface area contributed by atoms with Crippen LogP contribution in [0.1, 0.15) is 10.4 Å². The lowest BCUT2D eigenvalue weighted by Crippen LogP contribution is -2.23. The van der Waals surface area contributed by atoms with Gasteiger partial charge in [-0.15, -0.1) is 0 Å². The minimum atomic E-state index is -0.417. The van der Waals surface area contributed by atoms with Crippen molar-refractivity contribution in [1.29, 1.82) is 0 Å². The van der Waals surface area contributed by atoms with Gasteiger partial charge in [-0.25, -0.2) is 4.39 Å². The molecule has 0 aliphatic heterocycles. The van der Waals surface area contributed by atoms with E-state index in [9.17, 15) is 9.18 Å². The maximum Gasteiger partial charge on any atom is 0.252 e. The van der Waals surface area contributed by atoms with Crippen molar-refractivity contribution >= 4 is 17.2 Å². The van der Waals surface area contributed by atoms with Crippen molar-refractivity contribution < 1.29 is 13.9 Å². The topological polar surface area (TPSA) is 38.3 Å². The van der Waals surface area contributed by atoms with Gasteiger partial charge in [0, 0.05) is 5.38 Å². The van der Waals surface area contributed by atoms with Crippen LogP contribution in [0.15, 0.2) is 41.1 Å². The standard InChI is InChI=1S/C15H12FNO2S/c16-13-5-1-2-6-14(13)19-9-4-3-8-17-15(18)12-7-10-20-11-12/h1-2,5-7,10-11H,8-9H2,(H,17,18). The first-order valence-electron chi connectivity index (χ1n) is 5.91. The monoisotopic (exact) mass is 289 g/mol. The molecule has 0 bridgehead atoms. The second-order valence-electron chi connectivity index (χ2n) is 3.77. The number of hydrogen-bond acceptors (Lipinski definition) is 3. The van der Waals surface area contributed by atoms with Crippen LogP contribution in [0.2, 0.25) is 0 Å². The van der Waals surface area contributed by atoms with Crippen molar-refractivity contribution in [3.63, 3.8) is 0 Å². The molecule has 0 spiro atoms.